The summed E-state index contributed by atoms with van der Waals surface area (Å²) in [5, 5.41) is 9.46. The van der Waals surface area contributed by atoms with Gasteiger partial charge in [-0.25, -0.2) is 0 Å². The van der Waals surface area contributed by atoms with E-state index in [0.717, 1.165) is 29.1 Å². The molecule has 1 aromatic carbocycles. The van der Waals surface area contributed by atoms with Crippen LogP contribution in [0.25, 0.3) is 5.57 Å². The number of anilines is 1. The first-order valence-corrected chi connectivity index (χ1v) is 6.98. The molecule has 0 radical (unpaired) electrons. The highest BCUT2D eigenvalue weighted by atomic mass is 15.1. The second kappa shape index (κ2) is 6.71. The summed E-state index contributed by atoms with van der Waals surface area (Å²) in [4.78, 5) is 6.38. The zero-order valence-electron chi connectivity index (χ0n) is 12.7. The van der Waals surface area contributed by atoms with Crippen LogP contribution in [0.5, 0.6) is 0 Å². The third kappa shape index (κ3) is 3.49. The van der Waals surface area contributed by atoms with E-state index in [0.29, 0.717) is 5.57 Å². The van der Waals surface area contributed by atoms with Crippen LogP contribution < -0.4 is 4.90 Å². The topological polar surface area (TPSA) is 39.4 Å². The van der Waals surface area contributed by atoms with E-state index in [1.165, 1.54) is 0 Å². The van der Waals surface area contributed by atoms with Gasteiger partial charge in [-0.05, 0) is 42.3 Å². The van der Waals surface area contributed by atoms with Crippen molar-refractivity contribution in [3.63, 3.8) is 0 Å². The van der Waals surface area contributed by atoms with Crippen LogP contribution >= 0.6 is 0 Å². The molecular weight excluding hydrogens is 258 g/mol. The highest BCUT2D eigenvalue weighted by molar-refractivity contribution is 6.07. The monoisotopic (exact) mass is 277 g/mol. The van der Waals surface area contributed by atoms with Crippen LogP contribution in [0.15, 0.2) is 59.1 Å². The first kappa shape index (κ1) is 14.8. The fourth-order valence-corrected chi connectivity index (χ4v) is 2.14. The molecule has 1 aromatic rings. The van der Waals surface area contributed by atoms with E-state index in [-0.39, 0.29) is 0 Å². The van der Waals surface area contributed by atoms with E-state index >= 15 is 0 Å². The highest BCUT2D eigenvalue weighted by Crippen LogP contribution is 2.24. The van der Waals surface area contributed by atoms with Gasteiger partial charge in [0.2, 0.25) is 0 Å². The summed E-state index contributed by atoms with van der Waals surface area (Å²) in [5.74, 6) is 0. The van der Waals surface area contributed by atoms with E-state index in [1.54, 1.807) is 0 Å². The normalized spacial score (nSPS) is 13.0. The summed E-state index contributed by atoms with van der Waals surface area (Å²) in [6.07, 6.45) is 7.80. The van der Waals surface area contributed by atoms with Gasteiger partial charge >= 0.3 is 0 Å². The summed E-state index contributed by atoms with van der Waals surface area (Å²) < 4.78 is 0. The molecule has 0 aliphatic heterocycles. The molecular formula is C18H19N3. The van der Waals surface area contributed by atoms with Crippen molar-refractivity contribution in [2.45, 2.75) is 6.92 Å². The minimum Gasteiger partial charge on any atom is -0.378 e. The van der Waals surface area contributed by atoms with Gasteiger partial charge in [-0.3, -0.25) is 4.99 Å². The summed E-state index contributed by atoms with van der Waals surface area (Å²) in [6, 6.07) is 10.3. The van der Waals surface area contributed by atoms with Gasteiger partial charge in [0.25, 0.3) is 0 Å². The summed E-state index contributed by atoms with van der Waals surface area (Å²) in [5.41, 5.74) is 4.60. The maximum atomic E-state index is 9.46. The standard InChI is InChI=1S/C18H19N3/c1-4-20-16-9-5-14(6-10-16)18(13-19)15-7-11-17(12-8-15)21(2)3/h5-12H,4H2,1-3H3. The molecule has 0 amide bonds. The van der Waals surface area contributed by atoms with Gasteiger partial charge in [-0.15, -0.1) is 0 Å². The number of benzene rings is 1. The van der Waals surface area contributed by atoms with Gasteiger partial charge in [-0.1, -0.05) is 24.3 Å². The SMILES string of the molecule is CCN=C1C=CC(=C(C#N)c2ccc(N(C)C)cc2)C=C1. The summed E-state index contributed by atoms with van der Waals surface area (Å²) in [7, 11) is 4.00. The fraction of sp³-hybridized carbons (Fsp3) is 0.222. The van der Waals surface area contributed by atoms with Crippen LogP contribution in [0.3, 0.4) is 0 Å². The third-order valence-electron chi connectivity index (χ3n) is 3.28. The van der Waals surface area contributed by atoms with Crippen molar-refractivity contribution >= 4 is 17.0 Å². The van der Waals surface area contributed by atoms with Crippen molar-refractivity contribution in [2.75, 3.05) is 25.5 Å². The zero-order valence-corrected chi connectivity index (χ0v) is 12.7. The Morgan fingerprint density at radius 1 is 1.10 bits per heavy atom. The Kier molecular flexibility index (Phi) is 4.73. The molecule has 3 nitrogen and oxygen atoms in total. The zero-order chi connectivity index (χ0) is 15.2. The first-order chi connectivity index (χ1) is 10.2. The lowest BCUT2D eigenvalue weighted by molar-refractivity contribution is 1.13. The quantitative estimate of drug-likeness (QED) is 0.792. The highest BCUT2D eigenvalue weighted by Gasteiger charge is 2.08. The molecule has 21 heavy (non-hydrogen) atoms. The molecule has 106 valence electrons. The second-order valence-electron chi connectivity index (χ2n) is 4.95. The van der Waals surface area contributed by atoms with Crippen LogP contribution in [0.1, 0.15) is 12.5 Å². The molecule has 2 rings (SSSR count). The molecule has 0 saturated carbocycles. The Balaban J connectivity index is 2.35. The molecule has 1 aliphatic carbocycles. The largest absolute Gasteiger partial charge is 0.378 e. The molecule has 0 atom stereocenters. The molecule has 0 heterocycles. The number of allylic oxidation sites excluding steroid dienone is 6. The van der Waals surface area contributed by atoms with Gasteiger partial charge in [0.1, 0.15) is 6.07 Å². The Bertz CT molecular complexity index is 647. The van der Waals surface area contributed by atoms with Crippen LogP contribution in [0, 0.1) is 11.3 Å². The summed E-state index contributed by atoms with van der Waals surface area (Å²) >= 11 is 0. The average Bonchev–Trinajstić information content (AvgIpc) is 2.50. The number of aliphatic imine (C=N–C) groups is 1. The Labute approximate surface area is 126 Å². The maximum Gasteiger partial charge on any atom is 0.100 e. The van der Waals surface area contributed by atoms with Gasteiger partial charge < -0.3 is 4.90 Å². The molecule has 0 fully saturated rings. The molecule has 0 N–H and O–H groups in total. The van der Waals surface area contributed by atoms with Crippen molar-refractivity contribution in [1.82, 2.24) is 0 Å². The van der Waals surface area contributed by atoms with E-state index < -0.39 is 0 Å². The van der Waals surface area contributed by atoms with Gasteiger partial charge in [-0.2, -0.15) is 5.26 Å². The average molecular weight is 277 g/mol. The molecule has 0 spiro atoms. The predicted molar refractivity (Wildman–Crippen MR) is 89.6 cm³/mol. The van der Waals surface area contributed by atoms with E-state index in [2.05, 4.69) is 11.1 Å². The molecule has 3 heteroatoms. The Hall–Kier alpha value is -2.60. The Morgan fingerprint density at radius 2 is 1.71 bits per heavy atom. The lowest BCUT2D eigenvalue weighted by Gasteiger charge is -2.13. The lowest BCUT2D eigenvalue weighted by atomic mass is 9.97. The predicted octanol–water partition coefficient (Wildman–Crippen LogP) is 3.62. The minimum absolute atomic E-state index is 0.684. The van der Waals surface area contributed by atoms with E-state index in [1.807, 2.05) is 74.5 Å². The first-order valence-electron chi connectivity index (χ1n) is 6.98. The van der Waals surface area contributed by atoms with E-state index in [9.17, 15) is 5.26 Å². The molecule has 0 unspecified atom stereocenters. The number of rotatable bonds is 3. The molecule has 0 bridgehead atoms. The van der Waals surface area contributed by atoms with Gasteiger partial charge in [0.15, 0.2) is 0 Å². The molecule has 0 saturated heterocycles. The van der Waals surface area contributed by atoms with Crippen molar-refractivity contribution in [3.05, 3.63) is 59.7 Å². The molecule has 1 aliphatic rings. The maximum absolute atomic E-state index is 9.46. The smallest absolute Gasteiger partial charge is 0.100 e. The number of nitriles is 1. The number of nitrogens with zero attached hydrogens (tertiary/aromatic N) is 3. The van der Waals surface area contributed by atoms with Crippen LogP contribution in [0.2, 0.25) is 0 Å². The number of hydrogen-bond acceptors (Lipinski definition) is 3. The minimum atomic E-state index is 0.684. The van der Waals surface area contributed by atoms with Crippen molar-refractivity contribution in [2.24, 2.45) is 4.99 Å². The van der Waals surface area contributed by atoms with Crippen LogP contribution in [-0.2, 0) is 0 Å². The third-order valence-corrected chi connectivity index (χ3v) is 3.28. The lowest BCUT2D eigenvalue weighted by Crippen LogP contribution is -2.08. The van der Waals surface area contributed by atoms with Crippen molar-refractivity contribution in [3.8, 4) is 6.07 Å². The number of hydrogen-bond donors (Lipinski definition) is 0. The van der Waals surface area contributed by atoms with E-state index in [4.69, 9.17) is 0 Å². The molecule has 0 aromatic heterocycles. The van der Waals surface area contributed by atoms with Crippen LogP contribution in [-0.4, -0.2) is 26.4 Å². The Morgan fingerprint density at radius 3 is 2.19 bits per heavy atom. The van der Waals surface area contributed by atoms with Crippen LogP contribution in [0.4, 0.5) is 5.69 Å². The van der Waals surface area contributed by atoms with Gasteiger partial charge in [0, 0.05) is 26.3 Å². The summed E-state index contributed by atoms with van der Waals surface area (Å²) in [6.45, 7) is 2.77. The fourth-order valence-electron chi connectivity index (χ4n) is 2.14. The van der Waals surface area contributed by atoms with Crippen molar-refractivity contribution in [1.29, 1.82) is 5.26 Å². The van der Waals surface area contributed by atoms with Crippen molar-refractivity contribution < 1.29 is 0 Å². The second-order valence-corrected chi connectivity index (χ2v) is 4.95. The van der Waals surface area contributed by atoms with Gasteiger partial charge in [0.05, 0.1) is 11.3 Å².